The van der Waals surface area contributed by atoms with Crippen LogP contribution in [-0.2, 0) is 6.61 Å². The molecule has 0 radical (unpaired) electrons. The second-order valence-corrected chi connectivity index (χ2v) is 4.29. The van der Waals surface area contributed by atoms with E-state index in [-0.39, 0.29) is 12.4 Å². The molecule has 0 saturated heterocycles. The van der Waals surface area contributed by atoms with Gasteiger partial charge in [0.05, 0.1) is 17.2 Å². The number of aliphatic hydroxyl groups is 1. The lowest BCUT2D eigenvalue weighted by Crippen LogP contribution is -1.98. The van der Waals surface area contributed by atoms with E-state index in [0.29, 0.717) is 11.4 Å². The lowest BCUT2D eigenvalue weighted by atomic mass is 10.2. The molecule has 3 rings (SSSR count). The SMILES string of the molecule is OCc1nc2ccccc2n1N=Cc1ccccc1O. The number of hydrogen-bond acceptors (Lipinski definition) is 4. The monoisotopic (exact) mass is 267 g/mol. The number of imidazole rings is 1. The number of para-hydroxylation sites is 3. The minimum absolute atomic E-state index is 0.159. The van der Waals surface area contributed by atoms with Gasteiger partial charge >= 0.3 is 0 Å². The lowest BCUT2D eigenvalue weighted by molar-refractivity contribution is 0.267. The molecule has 1 heterocycles. The number of aromatic hydroxyl groups is 1. The summed E-state index contributed by atoms with van der Waals surface area (Å²) in [6.07, 6.45) is 1.54. The third-order valence-corrected chi connectivity index (χ3v) is 2.99. The van der Waals surface area contributed by atoms with Crippen molar-refractivity contribution in [3.8, 4) is 5.75 Å². The minimum Gasteiger partial charge on any atom is -0.507 e. The highest BCUT2D eigenvalue weighted by atomic mass is 16.3. The van der Waals surface area contributed by atoms with Gasteiger partial charge in [0.2, 0.25) is 0 Å². The largest absolute Gasteiger partial charge is 0.507 e. The van der Waals surface area contributed by atoms with Crippen LogP contribution in [0.4, 0.5) is 0 Å². The van der Waals surface area contributed by atoms with Crippen molar-refractivity contribution in [1.29, 1.82) is 0 Å². The van der Waals surface area contributed by atoms with Crippen LogP contribution < -0.4 is 0 Å². The number of aromatic nitrogens is 2. The summed E-state index contributed by atoms with van der Waals surface area (Å²) < 4.78 is 1.57. The van der Waals surface area contributed by atoms with Crippen molar-refractivity contribution in [2.45, 2.75) is 6.61 Å². The highest BCUT2D eigenvalue weighted by Crippen LogP contribution is 2.17. The van der Waals surface area contributed by atoms with Crippen LogP contribution in [0.2, 0.25) is 0 Å². The summed E-state index contributed by atoms with van der Waals surface area (Å²) in [4.78, 5) is 4.30. The Labute approximate surface area is 115 Å². The first kappa shape index (κ1) is 12.4. The number of nitrogens with zero attached hydrogens (tertiary/aromatic N) is 3. The van der Waals surface area contributed by atoms with Crippen molar-refractivity contribution < 1.29 is 10.2 Å². The Hall–Kier alpha value is -2.66. The zero-order valence-electron chi connectivity index (χ0n) is 10.6. The van der Waals surface area contributed by atoms with Crippen LogP contribution in [0.25, 0.3) is 11.0 Å². The Kier molecular flexibility index (Phi) is 3.18. The van der Waals surface area contributed by atoms with E-state index >= 15 is 0 Å². The summed E-state index contributed by atoms with van der Waals surface area (Å²) in [6.45, 7) is -0.202. The van der Waals surface area contributed by atoms with E-state index in [4.69, 9.17) is 0 Å². The smallest absolute Gasteiger partial charge is 0.156 e. The molecule has 100 valence electrons. The van der Waals surface area contributed by atoms with E-state index in [9.17, 15) is 10.2 Å². The van der Waals surface area contributed by atoms with Crippen LogP contribution in [0.3, 0.4) is 0 Å². The molecule has 20 heavy (non-hydrogen) atoms. The number of benzene rings is 2. The number of rotatable bonds is 3. The van der Waals surface area contributed by atoms with Gasteiger partial charge in [-0.05, 0) is 24.3 Å². The number of phenols is 1. The summed E-state index contributed by atoms with van der Waals surface area (Å²) in [5, 5.41) is 23.4. The highest BCUT2D eigenvalue weighted by Gasteiger charge is 2.08. The number of hydrogen-bond donors (Lipinski definition) is 2. The second kappa shape index (κ2) is 5.14. The Balaban J connectivity index is 2.08. The van der Waals surface area contributed by atoms with Gasteiger partial charge in [0.1, 0.15) is 12.4 Å². The third-order valence-electron chi connectivity index (χ3n) is 2.99. The summed E-state index contributed by atoms with van der Waals surface area (Å²) in [5.41, 5.74) is 2.18. The van der Waals surface area contributed by atoms with Gasteiger partial charge in [-0.2, -0.15) is 5.10 Å². The van der Waals surface area contributed by atoms with Crippen molar-refractivity contribution in [3.05, 3.63) is 59.9 Å². The molecule has 2 aromatic carbocycles. The van der Waals surface area contributed by atoms with Gasteiger partial charge in [-0.25, -0.2) is 9.66 Å². The standard InChI is InChI=1S/C15H13N3O2/c19-10-15-17-12-6-2-3-7-13(12)18(15)16-9-11-5-1-4-8-14(11)20/h1-9,19-20H,10H2. The van der Waals surface area contributed by atoms with Crippen LogP contribution in [0.1, 0.15) is 11.4 Å². The second-order valence-electron chi connectivity index (χ2n) is 4.29. The van der Waals surface area contributed by atoms with Crippen LogP contribution in [0.15, 0.2) is 53.6 Å². The van der Waals surface area contributed by atoms with Crippen molar-refractivity contribution >= 4 is 17.2 Å². The summed E-state index contributed by atoms with van der Waals surface area (Å²) in [6, 6.07) is 14.4. The van der Waals surface area contributed by atoms with E-state index < -0.39 is 0 Å². The average molecular weight is 267 g/mol. The molecule has 5 heteroatoms. The Morgan fingerprint density at radius 3 is 2.65 bits per heavy atom. The molecule has 0 amide bonds. The number of fused-ring (bicyclic) bond motifs is 1. The Morgan fingerprint density at radius 2 is 1.85 bits per heavy atom. The van der Waals surface area contributed by atoms with Gasteiger partial charge < -0.3 is 10.2 Å². The van der Waals surface area contributed by atoms with Gasteiger partial charge in [0, 0.05) is 5.56 Å². The van der Waals surface area contributed by atoms with Gasteiger partial charge in [-0.15, -0.1) is 0 Å². The van der Waals surface area contributed by atoms with Crippen molar-refractivity contribution in [2.24, 2.45) is 5.10 Å². The maximum absolute atomic E-state index is 9.71. The fraction of sp³-hybridized carbons (Fsp3) is 0.0667. The molecule has 0 aliphatic heterocycles. The number of phenolic OH excluding ortho intramolecular Hbond substituents is 1. The molecular weight excluding hydrogens is 254 g/mol. The molecule has 0 aliphatic rings. The predicted octanol–water partition coefficient (Wildman–Crippen LogP) is 2.12. The highest BCUT2D eigenvalue weighted by molar-refractivity contribution is 5.84. The van der Waals surface area contributed by atoms with Gasteiger partial charge in [-0.1, -0.05) is 24.3 Å². The molecule has 0 aliphatic carbocycles. The maximum atomic E-state index is 9.71. The fourth-order valence-corrected chi connectivity index (χ4v) is 2.01. The molecule has 0 saturated carbocycles. The predicted molar refractivity (Wildman–Crippen MR) is 76.8 cm³/mol. The normalized spacial score (nSPS) is 11.4. The topological polar surface area (TPSA) is 70.6 Å². The van der Waals surface area contributed by atoms with E-state index in [1.54, 1.807) is 29.1 Å². The quantitative estimate of drug-likeness (QED) is 0.714. The summed E-state index contributed by atoms with van der Waals surface area (Å²) >= 11 is 0. The molecular formula is C15H13N3O2. The van der Waals surface area contributed by atoms with Crippen molar-refractivity contribution in [2.75, 3.05) is 0 Å². The zero-order chi connectivity index (χ0) is 13.9. The van der Waals surface area contributed by atoms with Gasteiger partial charge in [-0.3, -0.25) is 0 Å². The van der Waals surface area contributed by atoms with Crippen LogP contribution in [-0.4, -0.2) is 26.1 Å². The maximum Gasteiger partial charge on any atom is 0.156 e. The van der Waals surface area contributed by atoms with E-state index in [1.165, 1.54) is 0 Å². The molecule has 0 bridgehead atoms. The first-order valence-corrected chi connectivity index (χ1v) is 6.19. The Morgan fingerprint density at radius 1 is 1.10 bits per heavy atom. The first-order valence-electron chi connectivity index (χ1n) is 6.19. The minimum atomic E-state index is -0.202. The zero-order valence-corrected chi connectivity index (χ0v) is 10.6. The van der Waals surface area contributed by atoms with E-state index in [0.717, 1.165) is 11.0 Å². The molecule has 0 unspecified atom stereocenters. The van der Waals surface area contributed by atoms with Gasteiger partial charge in [0.15, 0.2) is 5.82 Å². The summed E-state index contributed by atoms with van der Waals surface area (Å²) in [5.74, 6) is 0.615. The molecule has 5 nitrogen and oxygen atoms in total. The summed E-state index contributed by atoms with van der Waals surface area (Å²) in [7, 11) is 0. The number of aliphatic hydroxyl groups excluding tert-OH is 1. The molecule has 0 spiro atoms. The van der Waals surface area contributed by atoms with Crippen molar-refractivity contribution in [3.63, 3.8) is 0 Å². The van der Waals surface area contributed by atoms with Crippen LogP contribution in [0.5, 0.6) is 5.75 Å². The lowest BCUT2D eigenvalue weighted by Gasteiger charge is -2.01. The van der Waals surface area contributed by atoms with Crippen molar-refractivity contribution in [1.82, 2.24) is 9.66 Å². The fourth-order valence-electron chi connectivity index (χ4n) is 2.01. The molecule has 1 aromatic heterocycles. The molecule has 3 aromatic rings. The van der Waals surface area contributed by atoms with Crippen LogP contribution in [0, 0.1) is 0 Å². The average Bonchev–Trinajstić information content (AvgIpc) is 2.84. The van der Waals surface area contributed by atoms with Crippen LogP contribution >= 0.6 is 0 Å². The van der Waals surface area contributed by atoms with E-state index in [1.807, 2.05) is 30.3 Å². The Bertz CT molecular complexity index is 778. The van der Waals surface area contributed by atoms with E-state index in [2.05, 4.69) is 10.1 Å². The van der Waals surface area contributed by atoms with Gasteiger partial charge in [0.25, 0.3) is 0 Å². The third kappa shape index (κ3) is 2.15. The first-order chi connectivity index (χ1) is 9.79. The molecule has 2 N–H and O–H groups in total. The molecule has 0 fully saturated rings. The molecule has 0 atom stereocenters.